The Kier molecular flexibility index (Phi) is 5.10. The van der Waals surface area contributed by atoms with Crippen molar-refractivity contribution < 1.29 is 4.79 Å². The van der Waals surface area contributed by atoms with Gasteiger partial charge in [0.2, 0.25) is 0 Å². The lowest BCUT2D eigenvalue weighted by Crippen LogP contribution is -2.46. The molecule has 0 atom stereocenters. The van der Waals surface area contributed by atoms with Crippen molar-refractivity contribution in [3.63, 3.8) is 0 Å². The largest absolute Gasteiger partial charge is 0.349 e. The van der Waals surface area contributed by atoms with Crippen molar-refractivity contribution in [2.45, 2.75) is 0 Å². The van der Waals surface area contributed by atoms with Crippen LogP contribution in [0.1, 0.15) is 10.5 Å². The third-order valence-corrected chi connectivity index (χ3v) is 3.37. The van der Waals surface area contributed by atoms with Gasteiger partial charge in [0.1, 0.15) is 5.69 Å². The summed E-state index contributed by atoms with van der Waals surface area (Å²) in [5, 5.41) is 6.19. The number of amides is 1. The number of aromatic nitrogens is 1. The molecule has 98 valence electrons. The molecular formula is C12H17BrN4O. The molecule has 2 heterocycles. The number of rotatable bonds is 4. The molecule has 5 nitrogen and oxygen atoms in total. The minimum atomic E-state index is -0.119. The standard InChI is InChI=1S/C12H17BrN4O/c13-10-1-2-15-11(9-10)12(18)16-5-8-17-6-3-14-4-7-17/h1-2,9,14H,3-8H2,(H,16,18). The van der Waals surface area contributed by atoms with E-state index in [4.69, 9.17) is 0 Å². The van der Waals surface area contributed by atoms with Crippen LogP contribution < -0.4 is 10.6 Å². The summed E-state index contributed by atoms with van der Waals surface area (Å²) < 4.78 is 0.866. The monoisotopic (exact) mass is 312 g/mol. The highest BCUT2D eigenvalue weighted by Gasteiger charge is 2.10. The fourth-order valence-corrected chi connectivity index (χ4v) is 2.22. The molecule has 1 aromatic heterocycles. The van der Waals surface area contributed by atoms with E-state index in [-0.39, 0.29) is 5.91 Å². The van der Waals surface area contributed by atoms with Gasteiger partial charge in [0.15, 0.2) is 0 Å². The van der Waals surface area contributed by atoms with Crippen molar-refractivity contribution in [2.75, 3.05) is 39.3 Å². The van der Waals surface area contributed by atoms with Crippen LogP contribution in [-0.4, -0.2) is 55.1 Å². The molecule has 1 amide bonds. The summed E-state index contributed by atoms with van der Waals surface area (Å²) in [6, 6.07) is 3.53. The Morgan fingerprint density at radius 1 is 1.50 bits per heavy atom. The highest BCUT2D eigenvalue weighted by atomic mass is 79.9. The van der Waals surface area contributed by atoms with Crippen molar-refractivity contribution in [3.05, 3.63) is 28.5 Å². The molecule has 1 aliphatic rings. The normalized spacial score (nSPS) is 16.5. The second kappa shape index (κ2) is 6.82. The van der Waals surface area contributed by atoms with E-state index < -0.39 is 0 Å². The molecule has 0 aromatic carbocycles. The van der Waals surface area contributed by atoms with Gasteiger partial charge in [-0.05, 0) is 12.1 Å². The van der Waals surface area contributed by atoms with Gasteiger partial charge in [-0.3, -0.25) is 14.7 Å². The average Bonchev–Trinajstić information content (AvgIpc) is 2.40. The van der Waals surface area contributed by atoms with E-state index in [1.54, 1.807) is 18.3 Å². The van der Waals surface area contributed by atoms with Crippen LogP contribution in [0.3, 0.4) is 0 Å². The quantitative estimate of drug-likeness (QED) is 0.849. The zero-order valence-corrected chi connectivity index (χ0v) is 11.7. The number of carbonyl (C=O) groups excluding carboxylic acids is 1. The predicted molar refractivity (Wildman–Crippen MR) is 73.6 cm³/mol. The Balaban J connectivity index is 1.74. The number of halogens is 1. The lowest BCUT2D eigenvalue weighted by molar-refractivity contribution is 0.0942. The SMILES string of the molecule is O=C(NCCN1CCNCC1)c1cc(Br)ccn1. The molecule has 1 aromatic rings. The lowest BCUT2D eigenvalue weighted by atomic mass is 10.3. The van der Waals surface area contributed by atoms with Crippen LogP contribution in [0.25, 0.3) is 0 Å². The topological polar surface area (TPSA) is 57.3 Å². The first-order chi connectivity index (χ1) is 8.75. The maximum Gasteiger partial charge on any atom is 0.269 e. The van der Waals surface area contributed by atoms with Crippen molar-refractivity contribution in [1.29, 1.82) is 0 Å². The molecule has 0 radical (unpaired) electrons. The maximum atomic E-state index is 11.8. The molecule has 2 N–H and O–H groups in total. The Morgan fingerprint density at radius 3 is 3.00 bits per heavy atom. The summed E-state index contributed by atoms with van der Waals surface area (Å²) in [4.78, 5) is 18.2. The van der Waals surface area contributed by atoms with E-state index in [9.17, 15) is 4.79 Å². The zero-order chi connectivity index (χ0) is 12.8. The Bertz CT molecular complexity index is 407. The van der Waals surface area contributed by atoms with Gasteiger partial charge in [-0.25, -0.2) is 0 Å². The van der Waals surface area contributed by atoms with Crippen LogP contribution in [-0.2, 0) is 0 Å². The van der Waals surface area contributed by atoms with E-state index in [0.29, 0.717) is 12.2 Å². The van der Waals surface area contributed by atoms with E-state index in [1.165, 1.54) is 0 Å². The molecule has 1 fully saturated rings. The highest BCUT2D eigenvalue weighted by Crippen LogP contribution is 2.08. The summed E-state index contributed by atoms with van der Waals surface area (Å²) in [7, 11) is 0. The van der Waals surface area contributed by atoms with Crippen molar-refractivity contribution in [1.82, 2.24) is 20.5 Å². The Hall–Kier alpha value is -0.980. The summed E-state index contributed by atoms with van der Waals surface area (Å²) in [6.07, 6.45) is 1.62. The molecule has 0 saturated carbocycles. The molecule has 0 bridgehead atoms. The number of carbonyl (C=O) groups is 1. The minimum absolute atomic E-state index is 0.119. The molecule has 1 saturated heterocycles. The summed E-state index contributed by atoms with van der Waals surface area (Å²) in [5.74, 6) is -0.119. The summed E-state index contributed by atoms with van der Waals surface area (Å²) >= 11 is 3.33. The van der Waals surface area contributed by atoms with Crippen LogP contribution in [0.4, 0.5) is 0 Å². The van der Waals surface area contributed by atoms with Gasteiger partial charge in [-0.15, -0.1) is 0 Å². The molecule has 2 rings (SSSR count). The van der Waals surface area contributed by atoms with E-state index in [1.807, 2.05) is 0 Å². The molecule has 6 heteroatoms. The van der Waals surface area contributed by atoms with Crippen LogP contribution in [0.15, 0.2) is 22.8 Å². The summed E-state index contributed by atoms with van der Waals surface area (Å²) in [5.41, 5.74) is 0.449. The summed E-state index contributed by atoms with van der Waals surface area (Å²) in [6.45, 7) is 5.70. The van der Waals surface area contributed by atoms with E-state index in [0.717, 1.165) is 37.2 Å². The first-order valence-corrected chi connectivity index (χ1v) is 6.88. The van der Waals surface area contributed by atoms with E-state index in [2.05, 4.69) is 36.4 Å². The number of piperazine rings is 1. The number of nitrogens with zero attached hydrogens (tertiary/aromatic N) is 2. The Morgan fingerprint density at radius 2 is 2.28 bits per heavy atom. The van der Waals surface area contributed by atoms with Gasteiger partial charge >= 0.3 is 0 Å². The third-order valence-electron chi connectivity index (χ3n) is 2.88. The second-order valence-corrected chi connectivity index (χ2v) is 5.12. The highest BCUT2D eigenvalue weighted by molar-refractivity contribution is 9.10. The number of hydrogen-bond donors (Lipinski definition) is 2. The van der Waals surface area contributed by atoms with Gasteiger partial charge in [-0.2, -0.15) is 0 Å². The zero-order valence-electron chi connectivity index (χ0n) is 10.2. The van der Waals surface area contributed by atoms with Crippen LogP contribution in [0.5, 0.6) is 0 Å². The lowest BCUT2D eigenvalue weighted by Gasteiger charge is -2.27. The fourth-order valence-electron chi connectivity index (χ4n) is 1.88. The smallest absolute Gasteiger partial charge is 0.269 e. The van der Waals surface area contributed by atoms with Crippen LogP contribution >= 0.6 is 15.9 Å². The molecule has 1 aliphatic heterocycles. The molecule has 0 unspecified atom stereocenters. The van der Waals surface area contributed by atoms with Crippen LogP contribution in [0, 0.1) is 0 Å². The van der Waals surface area contributed by atoms with Gasteiger partial charge < -0.3 is 10.6 Å². The first-order valence-electron chi connectivity index (χ1n) is 6.08. The first kappa shape index (κ1) is 13.5. The molecule has 0 aliphatic carbocycles. The van der Waals surface area contributed by atoms with Crippen molar-refractivity contribution in [2.24, 2.45) is 0 Å². The average molecular weight is 313 g/mol. The number of pyridine rings is 1. The van der Waals surface area contributed by atoms with Crippen LogP contribution in [0.2, 0.25) is 0 Å². The van der Waals surface area contributed by atoms with E-state index >= 15 is 0 Å². The van der Waals surface area contributed by atoms with Gasteiger partial charge in [0.25, 0.3) is 5.91 Å². The molecule has 18 heavy (non-hydrogen) atoms. The fraction of sp³-hybridized carbons (Fsp3) is 0.500. The minimum Gasteiger partial charge on any atom is -0.349 e. The van der Waals surface area contributed by atoms with Crippen molar-refractivity contribution in [3.8, 4) is 0 Å². The van der Waals surface area contributed by atoms with Gasteiger partial charge in [0, 0.05) is 49.9 Å². The number of nitrogens with one attached hydrogen (secondary N) is 2. The predicted octanol–water partition coefficient (Wildman–Crippen LogP) is 0.479. The maximum absolute atomic E-state index is 11.8. The second-order valence-electron chi connectivity index (χ2n) is 4.21. The third kappa shape index (κ3) is 4.04. The Labute approximate surface area is 115 Å². The molecular weight excluding hydrogens is 296 g/mol. The van der Waals surface area contributed by atoms with Crippen molar-refractivity contribution >= 4 is 21.8 Å². The molecule has 0 spiro atoms. The number of hydrogen-bond acceptors (Lipinski definition) is 4. The van der Waals surface area contributed by atoms with Gasteiger partial charge in [-0.1, -0.05) is 15.9 Å². The van der Waals surface area contributed by atoms with Gasteiger partial charge in [0.05, 0.1) is 0 Å².